The number of rotatable bonds is 10. The Labute approximate surface area is 226 Å². The van der Waals surface area contributed by atoms with Crippen molar-refractivity contribution < 1.29 is 32.5 Å². The van der Waals surface area contributed by atoms with Gasteiger partial charge in [0.05, 0.1) is 12.2 Å². The van der Waals surface area contributed by atoms with Crippen LogP contribution < -0.4 is 10.1 Å². The fraction of sp³-hybridized carbons (Fsp3) is 0.286. The lowest BCUT2D eigenvalue weighted by Crippen LogP contribution is -2.48. The Bertz CT molecular complexity index is 1260. The van der Waals surface area contributed by atoms with E-state index in [9.17, 15) is 18.0 Å². The lowest BCUT2D eigenvalue weighted by molar-refractivity contribution is -0.137. The number of hydrogen-bond acceptors (Lipinski definition) is 5. The van der Waals surface area contributed by atoms with Crippen molar-refractivity contribution in [2.24, 2.45) is 4.99 Å². The minimum atomic E-state index is -4.42. The smallest absolute Gasteiger partial charge is 0.416 e. The highest BCUT2D eigenvalue weighted by Gasteiger charge is 2.44. The molecule has 1 heterocycles. The Morgan fingerprint density at radius 2 is 1.68 bits per heavy atom. The summed E-state index contributed by atoms with van der Waals surface area (Å²) in [6.07, 6.45) is -3.63. The van der Waals surface area contributed by atoms with Gasteiger partial charge in [-0.05, 0) is 59.7 Å². The average Bonchev–Trinajstić information content (AvgIpc) is 3.34. The molecule has 0 bridgehead atoms. The molecule has 0 aliphatic carbocycles. The minimum absolute atomic E-state index is 0.00595. The van der Waals surface area contributed by atoms with Crippen LogP contribution in [0.4, 0.5) is 13.2 Å². The van der Waals surface area contributed by atoms with Crippen LogP contribution in [-0.2, 0) is 28.7 Å². The number of benzene rings is 3. The third-order valence-corrected chi connectivity index (χ3v) is 6.53. The third-order valence-electron chi connectivity index (χ3n) is 6.00. The van der Waals surface area contributed by atoms with Crippen LogP contribution in [0.15, 0.2) is 82.3 Å². The fourth-order valence-corrected chi connectivity index (χ4v) is 4.19. The van der Waals surface area contributed by atoms with E-state index in [1.807, 2.05) is 24.3 Å². The van der Waals surface area contributed by atoms with E-state index in [2.05, 4.69) is 21.2 Å². The average molecular weight is 591 g/mol. The molecule has 0 fully saturated rings. The van der Waals surface area contributed by atoms with Gasteiger partial charge in [-0.25, -0.2) is 4.99 Å². The van der Waals surface area contributed by atoms with Crippen LogP contribution in [0, 0.1) is 0 Å². The van der Waals surface area contributed by atoms with Crippen LogP contribution >= 0.6 is 15.9 Å². The number of hydrogen-bond donors (Lipinski definition) is 2. The number of halogens is 4. The molecule has 1 atom stereocenters. The Kier molecular flexibility index (Phi) is 8.73. The van der Waals surface area contributed by atoms with Gasteiger partial charge in [-0.1, -0.05) is 40.2 Å². The van der Waals surface area contributed by atoms with E-state index in [1.165, 1.54) is 12.1 Å². The summed E-state index contributed by atoms with van der Waals surface area (Å²) in [5.74, 6) is 0.559. The quantitative estimate of drug-likeness (QED) is 0.314. The summed E-state index contributed by atoms with van der Waals surface area (Å²) in [4.78, 5) is 18.2. The summed E-state index contributed by atoms with van der Waals surface area (Å²) in [7, 11) is 0. The first-order valence-electron chi connectivity index (χ1n) is 11.9. The predicted octanol–water partition coefficient (Wildman–Crippen LogP) is 5.30. The minimum Gasteiger partial charge on any atom is -0.494 e. The molecule has 1 amide bonds. The van der Waals surface area contributed by atoms with Crippen LogP contribution in [0.3, 0.4) is 0 Å². The molecule has 0 radical (unpaired) electrons. The van der Waals surface area contributed by atoms with Crippen molar-refractivity contribution in [2.75, 3.05) is 19.8 Å². The first-order valence-corrected chi connectivity index (χ1v) is 12.7. The molecule has 0 saturated heterocycles. The molecule has 0 spiro atoms. The molecule has 2 N–H and O–H groups in total. The van der Waals surface area contributed by atoms with E-state index in [4.69, 9.17) is 19.6 Å². The second-order valence-electron chi connectivity index (χ2n) is 8.87. The van der Waals surface area contributed by atoms with Gasteiger partial charge in [-0.15, -0.1) is 0 Å². The Balaban J connectivity index is 1.53. The summed E-state index contributed by atoms with van der Waals surface area (Å²) in [6.45, 7) is 0.489. The van der Waals surface area contributed by atoms with Crippen LogP contribution in [0.25, 0.3) is 0 Å². The largest absolute Gasteiger partial charge is 0.494 e. The van der Waals surface area contributed by atoms with E-state index in [-0.39, 0.29) is 32.1 Å². The standard InChI is InChI=1S/C28H26BrF3N2O4/c29-23-10-4-19(5-11-23)16-27(26(36)33-17-20-2-8-22(9-3-20)28(30,31)32)18-38-25(34-27)21-6-12-24(13-7-21)37-15-1-14-35/h2-13,35H,1,14-18H2,(H,33,36)/t27-/m1/s1. The van der Waals surface area contributed by atoms with E-state index >= 15 is 0 Å². The normalized spacial score (nSPS) is 17.0. The molecule has 1 aliphatic rings. The summed E-state index contributed by atoms with van der Waals surface area (Å²) < 4.78 is 51.0. The molecular formula is C28H26BrF3N2O4. The molecule has 200 valence electrons. The Morgan fingerprint density at radius 1 is 1.03 bits per heavy atom. The van der Waals surface area contributed by atoms with E-state index in [1.54, 1.807) is 24.3 Å². The molecule has 3 aromatic rings. The Morgan fingerprint density at radius 3 is 2.32 bits per heavy atom. The van der Waals surface area contributed by atoms with Gasteiger partial charge in [0.15, 0.2) is 5.54 Å². The molecule has 3 aromatic carbocycles. The predicted molar refractivity (Wildman–Crippen MR) is 140 cm³/mol. The van der Waals surface area contributed by atoms with Gasteiger partial charge in [0.25, 0.3) is 5.91 Å². The number of alkyl halides is 3. The number of amides is 1. The molecule has 10 heteroatoms. The molecule has 1 aliphatic heterocycles. The molecule has 0 saturated carbocycles. The second kappa shape index (κ2) is 12.0. The summed E-state index contributed by atoms with van der Waals surface area (Å²) in [5.41, 5.74) is 0.0742. The number of nitrogens with zero attached hydrogens (tertiary/aromatic N) is 1. The summed E-state index contributed by atoms with van der Waals surface area (Å²) >= 11 is 3.41. The highest BCUT2D eigenvalue weighted by molar-refractivity contribution is 9.10. The first-order chi connectivity index (χ1) is 18.2. The summed E-state index contributed by atoms with van der Waals surface area (Å²) in [5, 5.41) is 11.7. The second-order valence-corrected chi connectivity index (χ2v) is 9.78. The molecule has 4 rings (SSSR count). The topological polar surface area (TPSA) is 80.2 Å². The zero-order valence-electron chi connectivity index (χ0n) is 20.3. The number of aliphatic hydroxyl groups excluding tert-OH is 1. The van der Waals surface area contributed by atoms with Gasteiger partial charge in [0.1, 0.15) is 12.4 Å². The number of nitrogens with one attached hydrogen (secondary N) is 1. The number of aliphatic imine (C=N–C) groups is 1. The lowest BCUT2D eigenvalue weighted by Gasteiger charge is -2.23. The maximum atomic E-state index is 13.5. The van der Waals surface area contributed by atoms with Crippen molar-refractivity contribution in [3.8, 4) is 5.75 Å². The third kappa shape index (κ3) is 6.93. The number of carbonyl (C=O) groups is 1. The maximum absolute atomic E-state index is 13.5. The zero-order valence-corrected chi connectivity index (χ0v) is 21.9. The van der Waals surface area contributed by atoms with Crippen molar-refractivity contribution in [3.05, 3.63) is 99.5 Å². The fourth-order valence-electron chi connectivity index (χ4n) is 3.93. The van der Waals surface area contributed by atoms with Gasteiger partial charge in [-0.3, -0.25) is 4.79 Å². The van der Waals surface area contributed by atoms with Crippen molar-refractivity contribution in [2.45, 2.75) is 31.1 Å². The van der Waals surface area contributed by atoms with Crippen LogP contribution in [0.2, 0.25) is 0 Å². The van der Waals surface area contributed by atoms with E-state index in [0.29, 0.717) is 35.8 Å². The van der Waals surface area contributed by atoms with Crippen molar-refractivity contribution >= 4 is 27.7 Å². The zero-order chi connectivity index (χ0) is 27.2. The SMILES string of the molecule is O=C(NCc1ccc(C(F)(F)F)cc1)[C@@]1(Cc2ccc(Br)cc2)COC(c2ccc(OCCCO)cc2)=N1. The Hall–Kier alpha value is -3.37. The number of ether oxygens (including phenoxy) is 2. The lowest BCUT2D eigenvalue weighted by atomic mass is 9.91. The monoisotopic (exact) mass is 590 g/mol. The van der Waals surface area contributed by atoms with Gasteiger partial charge in [-0.2, -0.15) is 13.2 Å². The number of aliphatic hydroxyl groups is 1. The highest BCUT2D eigenvalue weighted by atomic mass is 79.9. The van der Waals surface area contributed by atoms with Gasteiger partial charge in [0, 0.05) is 36.0 Å². The highest BCUT2D eigenvalue weighted by Crippen LogP contribution is 2.30. The first kappa shape index (κ1) is 27.7. The van der Waals surface area contributed by atoms with Gasteiger partial charge >= 0.3 is 6.18 Å². The van der Waals surface area contributed by atoms with Gasteiger partial charge in [0.2, 0.25) is 5.90 Å². The molecule has 0 aromatic heterocycles. The van der Waals surface area contributed by atoms with E-state index in [0.717, 1.165) is 22.2 Å². The molecule has 0 unspecified atom stereocenters. The number of carbonyl (C=O) groups excluding carboxylic acids is 1. The van der Waals surface area contributed by atoms with Gasteiger partial charge < -0.3 is 19.9 Å². The van der Waals surface area contributed by atoms with Crippen LogP contribution in [0.5, 0.6) is 5.75 Å². The molecule has 38 heavy (non-hydrogen) atoms. The molecule has 6 nitrogen and oxygen atoms in total. The maximum Gasteiger partial charge on any atom is 0.416 e. The molecular weight excluding hydrogens is 565 g/mol. The van der Waals surface area contributed by atoms with Crippen LogP contribution in [-0.4, -0.2) is 42.3 Å². The van der Waals surface area contributed by atoms with Crippen LogP contribution in [0.1, 0.15) is 28.7 Å². The van der Waals surface area contributed by atoms with Crippen molar-refractivity contribution in [1.82, 2.24) is 5.32 Å². The summed E-state index contributed by atoms with van der Waals surface area (Å²) in [6, 6.07) is 19.3. The van der Waals surface area contributed by atoms with Crippen molar-refractivity contribution in [3.63, 3.8) is 0 Å². The van der Waals surface area contributed by atoms with E-state index < -0.39 is 17.3 Å². The van der Waals surface area contributed by atoms with Crippen molar-refractivity contribution in [1.29, 1.82) is 0 Å².